The lowest BCUT2D eigenvalue weighted by Crippen LogP contribution is -2.47. The lowest BCUT2D eigenvalue weighted by molar-refractivity contribution is -0.153. The summed E-state index contributed by atoms with van der Waals surface area (Å²) in [4.78, 5) is 41.2. The van der Waals surface area contributed by atoms with Gasteiger partial charge in [-0.15, -0.1) is 0 Å². The van der Waals surface area contributed by atoms with Crippen molar-refractivity contribution in [1.29, 1.82) is 0 Å². The van der Waals surface area contributed by atoms with E-state index in [1.165, 1.54) is 33.0 Å². The molecule has 2 amide bonds. The summed E-state index contributed by atoms with van der Waals surface area (Å²) in [6, 6.07) is 11.4. The fraction of sp³-hybridized carbons (Fsp3) is 0.514. The van der Waals surface area contributed by atoms with Gasteiger partial charge in [0.25, 0.3) is 5.91 Å². The molecule has 1 aliphatic carbocycles. The molecule has 1 N–H and O–H groups in total. The zero-order chi connectivity index (χ0) is 33.5. The molecule has 6 rings (SSSR count). The van der Waals surface area contributed by atoms with Gasteiger partial charge in [0.05, 0.1) is 25.3 Å². The summed E-state index contributed by atoms with van der Waals surface area (Å²) in [6.07, 6.45) is 7.20. The second kappa shape index (κ2) is 13.3. The Bertz CT molecular complexity index is 1810. The number of nitrogens with zero attached hydrogens (tertiary/aromatic N) is 3. The second-order valence-electron chi connectivity index (χ2n) is 13.2. The van der Waals surface area contributed by atoms with E-state index in [0.29, 0.717) is 37.7 Å². The third-order valence-corrected chi connectivity index (χ3v) is 11.3. The van der Waals surface area contributed by atoms with E-state index in [0.717, 1.165) is 70.6 Å². The number of esters is 1. The molecule has 3 aliphatic rings. The first-order chi connectivity index (χ1) is 22.5. The van der Waals surface area contributed by atoms with Crippen LogP contribution in [0.25, 0.3) is 22.2 Å². The Morgan fingerprint density at radius 2 is 1.72 bits per heavy atom. The Kier molecular flexibility index (Phi) is 9.35. The van der Waals surface area contributed by atoms with Gasteiger partial charge < -0.3 is 18.9 Å². The number of rotatable bonds is 7. The van der Waals surface area contributed by atoms with Crippen LogP contribution < -0.4 is 9.46 Å². The van der Waals surface area contributed by atoms with Gasteiger partial charge in [-0.1, -0.05) is 25.3 Å². The van der Waals surface area contributed by atoms with Crippen LogP contribution in [0.15, 0.2) is 36.4 Å². The first-order valence-electron chi connectivity index (χ1n) is 16.5. The van der Waals surface area contributed by atoms with E-state index >= 15 is 0 Å². The van der Waals surface area contributed by atoms with Crippen molar-refractivity contribution in [3.63, 3.8) is 0 Å². The number of likely N-dealkylation sites (tertiary alicyclic amines) is 1. The number of carbonyl (C=O) groups is 3. The average molecular weight is 665 g/mol. The molecule has 1 aromatic heterocycles. The lowest BCUT2D eigenvalue weighted by Gasteiger charge is -2.34. The van der Waals surface area contributed by atoms with Crippen molar-refractivity contribution in [2.45, 2.75) is 76.9 Å². The van der Waals surface area contributed by atoms with E-state index in [2.05, 4.69) is 15.4 Å². The van der Waals surface area contributed by atoms with Crippen molar-refractivity contribution in [2.75, 3.05) is 34.3 Å². The van der Waals surface area contributed by atoms with Crippen LogP contribution in [0.1, 0.15) is 79.3 Å². The van der Waals surface area contributed by atoms with Crippen LogP contribution in [0.4, 0.5) is 0 Å². The van der Waals surface area contributed by atoms with Gasteiger partial charge in [0, 0.05) is 56.1 Å². The SMILES string of the molecule is COc1ccc2c(c1)CC(C(=O)N1CCC[C@H](OC(C)=O)C1)Cn1c-2c(C2CCCCC2)c2ccc(C(=O)NS(=O)(=O)N(C)C)cc21. The minimum atomic E-state index is -3.99. The molecule has 0 spiro atoms. The summed E-state index contributed by atoms with van der Waals surface area (Å²) in [5.41, 5.74) is 5.35. The summed E-state index contributed by atoms with van der Waals surface area (Å²) in [7, 11) is 0.372. The first-order valence-corrected chi connectivity index (χ1v) is 17.9. The maximum atomic E-state index is 14.4. The molecule has 2 aromatic carbocycles. The summed E-state index contributed by atoms with van der Waals surface area (Å²) in [6.45, 7) is 2.72. The predicted octanol–water partition coefficient (Wildman–Crippen LogP) is 4.63. The van der Waals surface area contributed by atoms with E-state index in [1.54, 1.807) is 19.2 Å². The number of amides is 2. The topological polar surface area (TPSA) is 127 Å². The number of benzene rings is 2. The van der Waals surface area contributed by atoms with Crippen molar-refractivity contribution in [1.82, 2.24) is 18.5 Å². The Morgan fingerprint density at radius 3 is 2.43 bits per heavy atom. The van der Waals surface area contributed by atoms with Crippen LogP contribution in [0.3, 0.4) is 0 Å². The lowest BCUT2D eigenvalue weighted by atomic mass is 9.81. The number of methoxy groups -OCH3 is 1. The number of hydrogen-bond donors (Lipinski definition) is 1. The summed E-state index contributed by atoms with van der Waals surface area (Å²) in [5, 5.41) is 1.02. The molecule has 2 fully saturated rings. The van der Waals surface area contributed by atoms with Crippen molar-refractivity contribution < 1.29 is 32.3 Å². The van der Waals surface area contributed by atoms with Crippen LogP contribution >= 0.6 is 0 Å². The molecule has 1 saturated carbocycles. The molecule has 0 radical (unpaired) electrons. The van der Waals surface area contributed by atoms with Gasteiger partial charge in [0.15, 0.2) is 0 Å². The van der Waals surface area contributed by atoms with Gasteiger partial charge in [0.1, 0.15) is 11.9 Å². The number of hydrogen-bond acceptors (Lipinski definition) is 7. The second-order valence-corrected chi connectivity index (χ2v) is 15.1. The summed E-state index contributed by atoms with van der Waals surface area (Å²) >= 11 is 0. The zero-order valence-electron chi connectivity index (χ0n) is 27.6. The highest BCUT2D eigenvalue weighted by molar-refractivity contribution is 7.87. The smallest absolute Gasteiger partial charge is 0.303 e. The first kappa shape index (κ1) is 33.0. The number of fused-ring (bicyclic) bond motifs is 5. The van der Waals surface area contributed by atoms with E-state index in [1.807, 2.05) is 23.1 Å². The van der Waals surface area contributed by atoms with Crippen LogP contribution in [0, 0.1) is 5.92 Å². The fourth-order valence-electron chi connectivity index (χ4n) is 7.61. The average Bonchev–Trinajstić information content (AvgIpc) is 3.26. The van der Waals surface area contributed by atoms with Gasteiger partial charge in [-0.05, 0) is 79.5 Å². The molecule has 3 heterocycles. The van der Waals surface area contributed by atoms with Gasteiger partial charge in [-0.3, -0.25) is 14.4 Å². The monoisotopic (exact) mass is 664 g/mol. The van der Waals surface area contributed by atoms with Crippen molar-refractivity contribution in [2.24, 2.45) is 5.92 Å². The third kappa shape index (κ3) is 6.62. The molecular formula is C35H44N4O7S. The van der Waals surface area contributed by atoms with E-state index < -0.39 is 22.0 Å². The van der Waals surface area contributed by atoms with Crippen LogP contribution in [-0.4, -0.2) is 80.4 Å². The quantitative estimate of drug-likeness (QED) is 0.365. The molecule has 0 bridgehead atoms. The Hall–Kier alpha value is -3.90. The van der Waals surface area contributed by atoms with Gasteiger partial charge in [-0.2, -0.15) is 12.7 Å². The highest BCUT2D eigenvalue weighted by atomic mass is 32.2. The number of aromatic nitrogens is 1. The van der Waals surface area contributed by atoms with Crippen molar-refractivity contribution >= 4 is 38.9 Å². The molecular weight excluding hydrogens is 620 g/mol. The van der Waals surface area contributed by atoms with E-state index in [4.69, 9.17) is 9.47 Å². The predicted molar refractivity (Wildman–Crippen MR) is 178 cm³/mol. The van der Waals surface area contributed by atoms with Crippen LogP contribution in [0.2, 0.25) is 0 Å². The number of ether oxygens (including phenoxy) is 2. The Labute approximate surface area is 276 Å². The van der Waals surface area contributed by atoms with Gasteiger partial charge in [0.2, 0.25) is 5.91 Å². The highest BCUT2D eigenvalue weighted by Gasteiger charge is 2.36. The normalized spacial score (nSPS) is 20.3. The maximum Gasteiger partial charge on any atom is 0.303 e. The minimum Gasteiger partial charge on any atom is -0.497 e. The Balaban J connectivity index is 1.50. The van der Waals surface area contributed by atoms with E-state index in [-0.39, 0.29) is 23.5 Å². The summed E-state index contributed by atoms with van der Waals surface area (Å²) < 4.78 is 41.5. The fourth-order valence-corrected chi connectivity index (χ4v) is 8.14. The molecule has 47 heavy (non-hydrogen) atoms. The van der Waals surface area contributed by atoms with Gasteiger partial charge in [-0.25, -0.2) is 4.72 Å². The molecule has 12 heteroatoms. The molecule has 11 nitrogen and oxygen atoms in total. The van der Waals surface area contributed by atoms with Crippen molar-refractivity contribution in [3.8, 4) is 17.0 Å². The molecule has 1 saturated heterocycles. The molecule has 3 aromatic rings. The van der Waals surface area contributed by atoms with Crippen molar-refractivity contribution in [3.05, 3.63) is 53.1 Å². The number of nitrogens with one attached hydrogen (secondary N) is 1. The minimum absolute atomic E-state index is 0.00416. The number of carbonyl (C=O) groups excluding carboxylic acids is 3. The maximum absolute atomic E-state index is 14.4. The standard InChI is InChI=1S/C35H44N4O7S/c1-22(40)46-28-11-8-16-38(21-28)35(42)26-17-25-18-27(45-4)13-15-29(25)33-32(23-9-6-5-7-10-23)30-14-12-24(19-31(30)39(33)20-26)34(41)36-47(43,44)37(2)3/h12-15,18-19,23,26,28H,5-11,16-17,20-21H2,1-4H3,(H,36,41)/t26?,28-/m0/s1. The van der Waals surface area contributed by atoms with Gasteiger partial charge >= 0.3 is 16.2 Å². The van der Waals surface area contributed by atoms with Crippen LogP contribution in [0.5, 0.6) is 5.75 Å². The largest absolute Gasteiger partial charge is 0.497 e. The third-order valence-electron chi connectivity index (χ3n) is 9.89. The summed E-state index contributed by atoms with van der Waals surface area (Å²) in [5.74, 6) is -0.476. The van der Waals surface area contributed by atoms with E-state index in [9.17, 15) is 22.8 Å². The molecule has 2 atom stereocenters. The number of piperidine rings is 1. The molecule has 1 unspecified atom stereocenters. The molecule has 252 valence electrons. The highest BCUT2D eigenvalue weighted by Crippen LogP contribution is 2.47. The van der Waals surface area contributed by atoms with Crippen LogP contribution in [-0.2, 0) is 37.5 Å². The Morgan fingerprint density at radius 1 is 0.957 bits per heavy atom. The zero-order valence-corrected chi connectivity index (χ0v) is 28.4. The molecule has 2 aliphatic heterocycles.